The minimum atomic E-state index is -0.0356. The molecule has 0 saturated carbocycles. The molecule has 5 heteroatoms. The van der Waals surface area contributed by atoms with Gasteiger partial charge in [-0.2, -0.15) is 0 Å². The van der Waals surface area contributed by atoms with Crippen molar-refractivity contribution in [1.29, 1.82) is 0 Å². The number of pyridine rings is 1. The molecule has 1 aromatic rings. The molecule has 0 fully saturated rings. The Balaban J connectivity index is 2.68. The van der Waals surface area contributed by atoms with Gasteiger partial charge in [0.1, 0.15) is 0 Å². The maximum Gasteiger partial charge on any atom is 0.320 e. The van der Waals surface area contributed by atoms with Crippen LogP contribution in [0.25, 0.3) is 0 Å². The molecule has 0 aliphatic heterocycles. The van der Waals surface area contributed by atoms with E-state index < -0.39 is 0 Å². The fraction of sp³-hybridized carbons (Fsp3) is 0.562. The van der Waals surface area contributed by atoms with Crippen LogP contribution in [0.5, 0.6) is 0 Å². The Morgan fingerprint density at radius 3 is 2.67 bits per heavy atom. The maximum atomic E-state index is 12.6. The fourth-order valence-electron chi connectivity index (χ4n) is 2.17. The van der Waals surface area contributed by atoms with Gasteiger partial charge in [0, 0.05) is 38.1 Å². The second-order valence-corrected chi connectivity index (χ2v) is 5.25. The van der Waals surface area contributed by atoms with Crippen LogP contribution >= 0.6 is 0 Å². The van der Waals surface area contributed by atoms with Crippen LogP contribution in [0.1, 0.15) is 25.8 Å². The van der Waals surface area contributed by atoms with Crippen molar-refractivity contribution in [2.24, 2.45) is 0 Å². The molecular formula is C16H26N3O2. The third-order valence-electron chi connectivity index (χ3n) is 3.30. The first kappa shape index (κ1) is 17.4. The van der Waals surface area contributed by atoms with Gasteiger partial charge in [0.15, 0.2) is 0 Å². The summed E-state index contributed by atoms with van der Waals surface area (Å²) in [5, 5.41) is 9.12. The van der Waals surface area contributed by atoms with Crippen molar-refractivity contribution < 1.29 is 9.90 Å². The number of aliphatic hydroxyl groups is 1. The van der Waals surface area contributed by atoms with E-state index in [9.17, 15) is 4.79 Å². The van der Waals surface area contributed by atoms with Crippen LogP contribution in [0.4, 0.5) is 4.79 Å². The average molecular weight is 292 g/mol. The number of hydrogen-bond acceptors (Lipinski definition) is 3. The smallest absolute Gasteiger partial charge is 0.320 e. The molecule has 0 bridgehead atoms. The summed E-state index contributed by atoms with van der Waals surface area (Å²) in [6.45, 7) is 9.34. The molecule has 1 heterocycles. The van der Waals surface area contributed by atoms with Crippen LogP contribution < -0.4 is 0 Å². The lowest BCUT2D eigenvalue weighted by molar-refractivity contribution is 0.126. The van der Waals surface area contributed by atoms with Crippen molar-refractivity contribution in [3.63, 3.8) is 0 Å². The summed E-state index contributed by atoms with van der Waals surface area (Å²) in [4.78, 5) is 20.2. The minimum absolute atomic E-state index is 0.0231. The van der Waals surface area contributed by atoms with Crippen LogP contribution in [0, 0.1) is 6.92 Å². The zero-order chi connectivity index (χ0) is 15.7. The molecule has 0 spiro atoms. The van der Waals surface area contributed by atoms with Gasteiger partial charge in [-0.25, -0.2) is 4.79 Å². The van der Waals surface area contributed by atoms with Gasteiger partial charge in [0.05, 0.1) is 6.61 Å². The molecule has 1 aromatic heterocycles. The summed E-state index contributed by atoms with van der Waals surface area (Å²) in [6, 6.07) is 3.94. The van der Waals surface area contributed by atoms with E-state index in [4.69, 9.17) is 5.11 Å². The first-order valence-electron chi connectivity index (χ1n) is 7.44. The molecule has 117 valence electrons. The molecule has 1 N–H and O–H groups in total. The van der Waals surface area contributed by atoms with Crippen LogP contribution in [-0.2, 0) is 6.42 Å². The number of amides is 2. The lowest BCUT2D eigenvalue weighted by Gasteiger charge is -2.33. The molecule has 0 saturated heterocycles. The highest BCUT2D eigenvalue weighted by atomic mass is 16.3. The Kier molecular flexibility index (Phi) is 7.75. The van der Waals surface area contributed by atoms with Crippen LogP contribution in [-0.4, -0.2) is 58.2 Å². The second kappa shape index (κ2) is 9.34. The average Bonchev–Trinajstić information content (AvgIpc) is 2.49. The van der Waals surface area contributed by atoms with Gasteiger partial charge >= 0.3 is 6.03 Å². The zero-order valence-electron chi connectivity index (χ0n) is 13.0. The lowest BCUT2D eigenvalue weighted by atomic mass is 10.2. The number of urea groups is 1. The third kappa shape index (κ3) is 5.71. The van der Waals surface area contributed by atoms with Crippen molar-refractivity contribution >= 4 is 6.03 Å². The van der Waals surface area contributed by atoms with E-state index >= 15 is 0 Å². The topological polar surface area (TPSA) is 56.7 Å². The number of aromatic nitrogens is 1. The highest BCUT2D eigenvalue weighted by Gasteiger charge is 2.22. The van der Waals surface area contributed by atoms with Crippen LogP contribution in [0.3, 0.4) is 0 Å². The number of rotatable bonds is 8. The van der Waals surface area contributed by atoms with Crippen LogP contribution in [0.2, 0.25) is 0 Å². The van der Waals surface area contributed by atoms with E-state index in [1.54, 1.807) is 16.0 Å². The quantitative estimate of drug-likeness (QED) is 0.797. The maximum absolute atomic E-state index is 12.6. The second-order valence-electron chi connectivity index (χ2n) is 5.25. The number of hydrogen-bond donors (Lipinski definition) is 1. The highest BCUT2D eigenvalue weighted by Crippen LogP contribution is 2.07. The van der Waals surface area contributed by atoms with Crippen molar-refractivity contribution in [1.82, 2.24) is 14.8 Å². The normalized spacial score (nSPS) is 10.7. The monoisotopic (exact) mass is 292 g/mol. The molecule has 0 atom stereocenters. The molecule has 0 aliphatic carbocycles. The summed E-state index contributed by atoms with van der Waals surface area (Å²) in [5.74, 6) is 0. The highest BCUT2D eigenvalue weighted by molar-refractivity contribution is 5.74. The molecule has 1 radical (unpaired) electrons. The molecule has 5 nitrogen and oxygen atoms in total. The van der Waals surface area contributed by atoms with E-state index in [-0.39, 0.29) is 18.7 Å². The predicted molar refractivity (Wildman–Crippen MR) is 83.8 cm³/mol. The first-order valence-corrected chi connectivity index (χ1v) is 7.44. The zero-order valence-corrected chi connectivity index (χ0v) is 13.0. The molecular weight excluding hydrogens is 266 g/mol. The van der Waals surface area contributed by atoms with Gasteiger partial charge in [-0.1, -0.05) is 13.0 Å². The molecule has 2 amide bonds. The van der Waals surface area contributed by atoms with Gasteiger partial charge < -0.3 is 14.9 Å². The van der Waals surface area contributed by atoms with Gasteiger partial charge in [-0.15, -0.1) is 0 Å². The van der Waals surface area contributed by atoms with Crippen molar-refractivity contribution in [2.45, 2.75) is 32.7 Å². The SMILES string of the molecule is [CH2]CCN(CCc1cccnc1)C(=O)N(CCO)C(C)C. The molecule has 0 aromatic carbocycles. The van der Waals surface area contributed by atoms with E-state index in [1.165, 1.54) is 0 Å². The minimum Gasteiger partial charge on any atom is -0.395 e. The summed E-state index contributed by atoms with van der Waals surface area (Å²) in [7, 11) is 0. The summed E-state index contributed by atoms with van der Waals surface area (Å²) < 4.78 is 0. The fourth-order valence-corrected chi connectivity index (χ4v) is 2.17. The third-order valence-corrected chi connectivity index (χ3v) is 3.30. The first-order chi connectivity index (χ1) is 10.1. The molecule has 0 unspecified atom stereocenters. The van der Waals surface area contributed by atoms with Gasteiger partial charge in [-0.3, -0.25) is 4.98 Å². The largest absolute Gasteiger partial charge is 0.395 e. The lowest BCUT2D eigenvalue weighted by Crippen LogP contribution is -2.48. The van der Waals surface area contributed by atoms with E-state index in [1.807, 2.05) is 32.2 Å². The molecule has 1 rings (SSSR count). The Morgan fingerprint density at radius 2 is 2.14 bits per heavy atom. The van der Waals surface area contributed by atoms with Gasteiger partial charge in [-0.05, 0) is 38.3 Å². The standard InChI is InChI=1S/C16H26N3O2/c1-4-9-18(10-7-15-6-5-8-17-13-15)16(21)19(11-12-20)14(2)3/h5-6,8,13-14,20H,1,4,7,9-12H2,2-3H3. The number of aliphatic hydroxyl groups excluding tert-OH is 1. The van der Waals surface area contributed by atoms with Crippen molar-refractivity contribution in [3.05, 3.63) is 37.0 Å². The molecule has 0 aliphatic rings. The number of nitrogens with zero attached hydrogens (tertiary/aromatic N) is 3. The van der Waals surface area contributed by atoms with Crippen LogP contribution in [0.15, 0.2) is 24.5 Å². The Labute approximate surface area is 127 Å². The van der Waals surface area contributed by atoms with Crippen molar-refractivity contribution in [3.8, 4) is 0 Å². The summed E-state index contributed by atoms with van der Waals surface area (Å²) in [5.41, 5.74) is 1.11. The van der Waals surface area contributed by atoms with E-state index in [0.29, 0.717) is 26.1 Å². The Bertz CT molecular complexity index is 409. The molecule has 21 heavy (non-hydrogen) atoms. The Hall–Kier alpha value is -1.62. The number of carbonyl (C=O) groups excluding carboxylic acids is 1. The summed E-state index contributed by atoms with van der Waals surface area (Å²) in [6.07, 6.45) is 5.00. The number of carbonyl (C=O) groups is 1. The summed E-state index contributed by atoms with van der Waals surface area (Å²) >= 11 is 0. The van der Waals surface area contributed by atoms with Gasteiger partial charge in [0.25, 0.3) is 0 Å². The van der Waals surface area contributed by atoms with Crippen molar-refractivity contribution in [2.75, 3.05) is 26.2 Å². The predicted octanol–water partition coefficient (Wildman–Crippen LogP) is 1.97. The van der Waals surface area contributed by atoms with Gasteiger partial charge in [0.2, 0.25) is 0 Å². The Morgan fingerprint density at radius 1 is 1.38 bits per heavy atom. The van der Waals surface area contributed by atoms with E-state index in [2.05, 4.69) is 11.9 Å². The van der Waals surface area contributed by atoms with E-state index in [0.717, 1.165) is 12.0 Å².